The van der Waals surface area contributed by atoms with E-state index < -0.39 is 0 Å². The van der Waals surface area contributed by atoms with Crippen molar-refractivity contribution in [1.29, 1.82) is 0 Å². The second kappa shape index (κ2) is 12.1. The third-order valence-corrected chi connectivity index (χ3v) is 9.89. The molecule has 0 saturated carbocycles. The Balaban J connectivity index is 1.07. The van der Waals surface area contributed by atoms with Gasteiger partial charge in [0, 0.05) is 33.0 Å². The molecule has 0 spiro atoms. The lowest BCUT2D eigenvalue weighted by molar-refractivity contribution is 0.302. The molecule has 0 atom stereocenters. The monoisotopic (exact) mass is 657 g/mol. The molecule has 5 heteroatoms. The summed E-state index contributed by atoms with van der Waals surface area (Å²) >= 11 is 0. The molecule has 1 aliphatic heterocycles. The first-order valence-electron chi connectivity index (χ1n) is 17.4. The average Bonchev–Trinajstić information content (AvgIpc) is 3.59. The smallest absolute Gasteiger partial charge is 0.164 e. The first kappa shape index (κ1) is 29.3. The van der Waals surface area contributed by atoms with Crippen LogP contribution in [0.2, 0.25) is 0 Å². The van der Waals surface area contributed by atoms with Gasteiger partial charge in [0.1, 0.15) is 23.5 Å². The van der Waals surface area contributed by atoms with Crippen LogP contribution in [0.1, 0.15) is 24.0 Å². The zero-order valence-corrected chi connectivity index (χ0v) is 27.7. The van der Waals surface area contributed by atoms with Crippen LogP contribution in [0.15, 0.2) is 156 Å². The van der Waals surface area contributed by atoms with Crippen molar-refractivity contribution in [3.63, 3.8) is 0 Å². The van der Waals surface area contributed by atoms with Crippen molar-refractivity contribution in [3.8, 4) is 62.2 Å². The number of furan rings is 1. The summed E-state index contributed by atoms with van der Waals surface area (Å²) in [4.78, 5) is 15.1. The number of hydrogen-bond acceptors (Lipinski definition) is 5. The fraction of sp³-hybridized carbons (Fsp3) is 0.0652. The summed E-state index contributed by atoms with van der Waals surface area (Å²) < 4.78 is 12.4. The zero-order valence-electron chi connectivity index (χ0n) is 27.7. The van der Waals surface area contributed by atoms with Gasteiger partial charge in [-0.25, -0.2) is 15.0 Å². The first-order valence-corrected chi connectivity index (χ1v) is 17.4. The quantitative estimate of drug-likeness (QED) is 0.184. The molecule has 0 amide bonds. The molecule has 2 aliphatic rings. The normalized spacial score (nSPS) is 13.5. The van der Waals surface area contributed by atoms with Gasteiger partial charge in [-0.05, 0) is 70.5 Å². The van der Waals surface area contributed by atoms with Gasteiger partial charge in [0.05, 0.1) is 0 Å². The summed E-state index contributed by atoms with van der Waals surface area (Å²) in [5.41, 5.74) is 12.6. The minimum absolute atomic E-state index is 0.580. The van der Waals surface area contributed by atoms with E-state index in [0.29, 0.717) is 24.1 Å². The SMILES string of the molecule is C1=CC(c2ccc(-c3nc(-c4ccc(-c5cccc6c5-c5ccccc5CO6)cc4)nc(-c4ccc5c(c4)oc4ccccc45)n3)cc2)=CCC1. The maximum absolute atomic E-state index is 6.24. The Labute approximate surface area is 295 Å². The fourth-order valence-electron chi connectivity index (χ4n) is 7.28. The van der Waals surface area contributed by atoms with Crippen LogP contribution in [-0.4, -0.2) is 15.0 Å². The highest BCUT2D eigenvalue weighted by molar-refractivity contribution is 6.05. The van der Waals surface area contributed by atoms with Crippen LogP contribution >= 0.6 is 0 Å². The second-order valence-corrected chi connectivity index (χ2v) is 13.0. The zero-order chi connectivity index (χ0) is 33.7. The van der Waals surface area contributed by atoms with Crippen molar-refractivity contribution in [2.24, 2.45) is 0 Å². The van der Waals surface area contributed by atoms with Gasteiger partial charge in [0.25, 0.3) is 0 Å². The predicted molar refractivity (Wildman–Crippen MR) is 205 cm³/mol. The van der Waals surface area contributed by atoms with Crippen molar-refractivity contribution >= 4 is 27.5 Å². The summed E-state index contributed by atoms with van der Waals surface area (Å²) in [6.45, 7) is 0.580. The molecule has 8 aromatic rings. The lowest BCUT2D eigenvalue weighted by atomic mass is 9.89. The molecule has 242 valence electrons. The largest absolute Gasteiger partial charge is 0.488 e. The standard InChI is InChI=1S/C46H31N3O2/c1-2-9-29(10-3-1)30-17-21-32(22-18-30)44-47-45(49-46(48-44)34-25-26-39-38-13-6-7-15-40(38)51-42(39)27-34)33-23-19-31(20-24-33)36-14-8-16-41-43(36)37-12-5-4-11-35(37)28-50-41/h2,4-27H,1,3,28H2. The van der Waals surface area contributed by atoms with E-state index in [1.54, 1.807) is 0 Å². The van der Waals surface area contributed by atoms with Crippen molar-refractivity contribution in [2.45, 2.75) is 19.4 Å². The Morgan fingerprint density at radius 2 is 1.14 bits per heavy atom. The summed E-state index contributed by atoms with van der Waals surface area (Å²) in [5, 5.41) is 2.16. The Morgan fingerprint density at radius 3 is 1.92 bits per heavy atom. The minimum Gasteiger partial charge on any atom is -0.488 e. The maximum Gasteiger partial charge on any atom is 0.164 e. The topological polar surface area (TPSA) is 61.0 Å². The summed E-state index contributed by atoms with van der Waals surface area (Å²) in [5.74, 6) is 2.73. The number of nitrogens with zero attached hydrogens (tertiary/aromatic N) is 3. The number of hydrogen-bond donors (Lipinski definition) is 0. The van der Waals surface area contributed by atoms with Crippen molar-refractivity contribution in [3.05, 3.63) is 163 Å². The predicted octanol–water partition coefficient (Wildman–Crippen LogP) is 11.7. The number of para-hydroxylation sites is 1. The summed E-state index contributed by atoms with van der Waals surface area (Å²) in [7, 11) is 0. The number of ether oxygens (including phenoxy) is 1. The van der Waals surface area contributed by atoms with Gasteiger partial charge >= 0.3 is 0 Å². The molecule has 0 fully saturated rings. The van der Waals surface area contributed by atoms with E-state index in [9.17, 15) is 0 Å². The molecular formula is C46H31N3O2. The van der Waals surface area contributed by atoms with Crippen LogP contribution < -0.4 is 4.74 Å². The number of allylic oxidation sites excluding steroid dienone is 4. The van der Waals surface area contributed by atoms with Crippen molar-refractivity contribution in [1.82, 2.24) is 15.0 Å². The van der Waals surface area contributed by atoms with Gasteiger partial charge in [-0.15, -0.1) is 0 Å². The minimum atomic E-state index is 0.580. The molecule has 6 aromatic carbocycles. The number of aromatic nitrogens is 3. The third kappa shape index (κ3) is 5.22. The van der Waals surface area contributed by atoms with Crippen LogP contribution in [0.25, 0.3) is 83.9 Å². The summed E-state index contributed by atoms with van der Waals surface area (Å²) in [6.07, 6.45) is 8.89. The van der Waals surface area contributed by atoms with Crippen molar-refractivity contribution < 1.29 is 9.15 Å². The molecule has 0 bridgehead atoms. The molecule has 1 aliphatic carbocycles. The van der Waals surface area contributed by atoms with E-state index in [4.69, 9.17) is 24.1 Å². The lowest BCUT2D eigenvalue weighted by Crippen LogP contribution is -2.06. The van der Waals surface area contributed by atoms with Crippen LogP contribution in [-0.2, 0) is 6.61 Å². The molecule has 51 heavy (non-hydrogen) atoms. The van der Waals surface area contributed by atoms with E-state index in [1.165, 1.54) is 22.3 Å². The highest BCUT2D eigenvalue weighted by Crippen LogP contribution is 2.44. The molecule has 3 heterocycles. The highest BCUT2D eigenvalue weighted by Gasteiger charge is 2.21. The average molecular weight is 658 g/mol. The molecule has 0 N–H and O–H groups in total. The molecule has 0 saturated heterocycles. The second-order valence-electron chi connectivity index (χ2n) is 13.0. The van der Waals surface area contributed by atoms with Crippen molar-refractivity contribution in [2.75, 3.05) is 0 Å². The maximum atomic E-state index is 6.24. The van der Waals surface area contributed by atoms with Gasteiger partial charge in [0.2, 0.25) is 0 Å². The number of benzene rings is 6. The Bertz CT molecular complexity index is 2680. The van der Waals surface area contributed by atoms with E-state index in [-0.39, 0.29) is 0 Å². The molecule has 5 nitrogen and oxygen atoms in total. The molecule has 0 unspecified atom stereocenters. The number of fused-ring (bicyclic) bond motifs is 6. The molecular weight excluding hydrogens is 627 g/mol. The van der Waals surface area contributed by atoms with Crippen LogP contribution in [0, 0.1) is 0 Å². The van der Waals surface area contributed by atoms with Gasteiger partial charge < -0.3 is 9.15 Å². The van der Waals surface area contributed by atoms with Gasteiger partial charge in [0.15, 0.2) is 17.5 Å². The Morgan fingerprint density at radius 1 is 0.490 bits per heavy atom. The Hall–Kier alpha value is -6.59. The van der Waals surface area contributed by atoms with E-state index in [2.05, 4.69) is 127 Å². The highest BCUT2D eigenvalue weighted by atomic mass is 16.5. The van der Waals surface area contributed by atoms with Crippen LogP contribution in [0.3, 0.4) is 0 Å². The van der Waals surface area contributed by atoms with Crippen LogP contribution in [0.4, 0.5) is 0 Å². The molecule has 10 rings (SSSR count). The van der Waals surface area contributed by atoms with E-state index in [0.717, 1.165) is 73.9 Å². The Kier molecular flexibility index (Phi) is 6.95. The molecule has 2 aromatic heterocycles. The van der Waals surface area contributed by atoms with E-state index >= 15 is 0 Å². The van der Waals surface area contributed by atoms with Crippen LogP contribution in [0.5, 0.6) is 5.75 Å². The van der Waals surface area contributed by atoms with Gasteiger partial charge in [-0.2, -0.15) is 0 Å². The molecule has 0 radical (unpaired) electrons. The number of rotatable bonds is 5. The van der Waals surface area contributed by atoms with Gasteiger partial charge in [-0.3, -0.25) is 0 Å². The summed E-state index contributed by atoms with van der Waals surface area (Å²) in [6, 6.07) is 46.0. The first-order chi connectivity index (χ1) is 25.2. The van der Waals surface area contributed by atoms with Gasteiger partial charge in [-0.1, -0.05) is 127 Å². The fourth-order valence-corrected chi connectivity index (χ4v) is 7.28. The lowest BCUT2D eigenvalue weighted by Gasteiger charge is -2.23. The third-order valence-electron chi connectivity index (χ3n) is 9.89. The van der Waals surface area contributed by atoms with E-state index in [1.807, 2.05) is 24.3 Å².